The summed E-state index contributed by atoms with van der Waals surface area (Å²) in [7, 11) is -4.08. The first kappa shape index (κ1) is 22.5. The van der Waals surface area contributed by atoms with Crippen LogP contribution in [-0.2, 0) is 14.8 Å². The van der Waals surface area contributed by atoms with Crippen molar-refractivity contribution >= 4 is 39.4 Å². The summed E-state index contributed by atoms with van der Waals surface area (Å²) in [6.07, 6.45) is 1.33. The zero-order valence-electron chi connectivity index (χ0n) is 16.5. The Kier molecular flexibility index (Phi) is 7.04. The number of para-hydroxylation sites is 1. The van der Waals surface area contributed by atoms with Crippen molar-refractivity contribution in [1.29, 1.82) is 0 Å². The lowest BCUT2D eigenvalue weighted by molar-refractivity contribution is -0.119. The molecule has 0 fully saturated rings. The van der Waals surface area contributed by atoms with Crippen molar-refractivity contribution in [1.82, 2.24) is 5.43 Å². The van der Waals surface area contributed by atoms with Crippen LogP contribution in [0.4, 0.5) is 10.1 Å². The van der Waals surface area contributed by atoms with Crippen molar-refractivity contribution in [2.45, 2.75) is 11.8 Å². The van der Waals surface area contributed by atoms with Gasteiger partial charge in [0.25, 0.3) is 15.9 Å². The van der Waals surface area contributed by atoms with Crippen LogP contribution in [0, 0.1) is 12.7 Å². The van der Waals surface area contributed by atoms with Crippen molar-refractivity contribution in [2.24, 2.45) is 5.10 Å². The van der Waals surface area contributed by atoms with Gasteiger partial charge in [-0.05, 0) is 48.9 Å². The second kappa shape index (κ2) is 9.72. The smallest absolute Gasteiger partial charge is 0.264 e. The number of carbonyl (C=O) groups is 1. The molecule has 0 atom stereocenters. The third-order valence-electron chi connectivity index (χ3n) is 4.29. The molecule has 31 heavy (non-hydrogen) atoms. The van der Waals surface area contributed by atoms with E-state index in [9.17, 15) is 17.6 Å². The standard InChI is InChI=1S/C22H19ClFN3O3S/c1-16-6-12-19(13-7-16)31(29,30)27(21-5-3-2-4-20(21)23)15-22(28)26-25-14-17-8-10-18(24)11-9-17/h2-14H,15H2,1H3,(H,26,28)/b25-14-. The van der Waals surface area contributed by atoms with Crippen LogP contribution >= 0.6 is 11.6 Å². The molecule has 1 amide bonds. The van der Waals surface area contributed by atoms with E-state index < -0.39 is 28.3 Å². The minimum Gasteiger partial charge on any atom is -0.271 e. The Morgan fingerprint density at radius 2 is 1.71 bits per heavy atom. The van der Waals surface area contributed by atoms with E-state index in [1.807, 2.05) is 6.92 Å². The molecule has 0 saturated carbocycles. The van der Waals surface area contributed by atoms with Crippen molar-refractivity contribution in [2.75, 3.05) is 10.8 Å². The molecule has 0 bridgehead atoms. The van der Waals surface area contributed by atoms with E-state index in [0.29, 0.717) is 5.56 Å². The zero-order valence-corrected chi connectivity index (χ0v) is 18.1. The van der Waals surface area contributed by atoms with E-state index in [0.717, 1.165) is 9.87 Å². The minimum absolute atomic E-state index is 0.0284. The molecule has 0 spiro atoms. The lowest BCUT2D eigenvalue weighted by Gasteiger charge is -2.24. The number of carbonyl (C=O) groups excluding carboxylic acids is 1. The zero-order chi connectivity index (χ0) is 22.4. The molecule has 9 heteroatoms. The first-order valence-electron chi connectivity index (χ1n) is 9.19. The number of halogens is 2. The van der Waals surface area contributed by atoms with Crippen LogP contribution in [0.25, 0.3) is 0 Å². The predicted octanol–water partition coefficient (Wildman–Crippen LogP) is 4.13. The summed E-state index contributed by atoms with van der Waals surface area (Å²) in [6.45, 7) is 1.30. The van der Waals surface area contributed by atoms with Gasteiger partial charge in [0.05, 0.1) is 21.8 Å². The van der Waals surface area contributed by atoms with Gasteiger partial charge in [-0.1, -0.05) is 53.6 Å². The maximum absolute atomic E-state index is 13.3. The number of aryl methyl sites for hydroxylation is 1. The third kappa shape index (κ3) is 5.68. The molecule has 0 saturated heterocycles. The molecule has 1 N–H and O–H groups in total. The molecule has 0 heterocycles. The van der Waals surface area contributed by atoms with Crippen LogP contribution in [0.5, 0.6) is 0 Å². The molecule has 0 aliphatic rings. The van der Waals surface area contributed by atoms with Gasteiger partial charge in [-0.3, -0.25) is 9.10 Å². The number of sulfonamides is 1. The highest BCUT2D eigenvalue weighted by atomic mass is 35.5. The summed E-state index contributed by atoms with van der Waals surface area (Å²) in [5, 5.41) is 3.99. The molecule has 0 aliphatic heterocycles. The number of hydrogen-bond acceptors (Lipinski definition) is 4. The summed E-state index contributed by atoms with van der Waals surface area (Å²) in [5.74, 6) is -1.06. The Balaban J connectivity index is 1.85. The van der Waals surface area contributed by atoms with E-state index in [4.69, 9.17) is 11.6 Å². The molecule has 0 aliphatic carbocycles. The Morgan fingerprint density at radius 1 is 1.06 bits per heavy atom. The van der Waals surface area contributed by atoms with Crippen LogP contribution in [0.1, 0.15) is 11.1 Å². The maximum atomic E-state index is 13.3. The van der Waals surface area contributed by atoms with E-state index in [1.165, 1.54) is 48.7 Å². The van der Waals surface area contributed by atoms with E-state index in [1.54, 1.807) is 30.3 Å². The van der Waals surface area contributed by atoms with Crippen LogP contribution < -0.4 is 9.73 Å². The van der Waals surface area contributed by atoms with Crippen molar-refractivity contribution in [3.8, 4) is 0 Å². The Hall–Kier alpha value is -3.23. The van der Waals surface area contributed by atoms with E-state index in [2.05, 4.69) is 10.5 Å². The van der Waals surface area contributed by atoms with Gasteiger partial charge in [0.1, 0.15) is 12.4 Å². The number of nitrogens with zero attached hydrogens (tertiary/aromatic N) is 2. The first-order chi connectivity index (χ1) is 14.8. The van der Waals surface area contributed by atoms with Gasteiger partial charge in [-0.15, -0.1) is 0 Å². The number of rotatable bonds is 7. The fourth-order valence-corrected chi connectivity index (χ4v) is 4.41. The predicted molar refractivity (Wildman–Crippen MR) is 119 cm³/mol. The van der Waals surface area contributed by atoms with Gasteiger partial charge >= 0.3 is 0 Å². The average molecular weight is 460 g/mol. The second-order valence-corrected chi connectivity index (χ2v) is 8.89. The SMILES string of the molecule is Cc1ccc(S(=O)(=O)N(CC(=O)N/N=C\c2ccc(F)cc2)c2ccccc2Cl)cc1. The van der Waals surface area contributed by atoms with Gasteiger partial charge in [0, 0.05) is 0 Å². The average Bonchev–Trinajstić information content (AvgIpc) is 2.74. The monoisotopic (exact) mass is 459 g/mol. The highest BCUT2D eigenvalue weighted by Crippen LogP contribution is 2.30. The van der Waals surface area contributed by atoms with E-state index in [-0.39, 0.29) is 15.6 Å². The lowest BCUT2D eigenvalue weighted by Crippen LogP contribution is -2.39. The van der Waals surface area contributed by atoms with Gasteiger partial charge in [-0.25, -0.2) is 18.2 Å². The first-order valence-corrected chi connectivity index (χ1v) is 11.0. The minimum atomic E-state index is -4.08. The van der Waals surface area contributed by atoms with E-state index >= 15 is 0 Å². The summed E-state index contributed by atoms with van der Waals surface area (Å²) in [5.41, 5.74) is 3.92. The fourth-order valence-electron chi connectivity index (χ4n) is 2.68. The van der Waals surface area contributed by atoms with Gasteiger partial charge in [-0.2, -0.15) is 5.10 Å². The van der Waals surface area contributed by atoms with Gasteiger partial charge in [0.2, 0.25) is 0 Å². The molecule has 0 unspecified atom stereocenters. The summed E-state index contributed by atoms with van der Waals surface area (Å²) in [6, 6.07) is 18.1. The molecule has 160 valence electrons. The topological polar surface area (TPSA) is 78.8 Å². The molecule has 0 aromatic heterocycles. The number of anilines is 1. The van der Waals surface area contributed by atoms with Crippen LogP contribution in [0.2, 0.25) is 5.02 Å². The molecular formula is C22H19ClFN3O3S. The summed E-state index contributed by atoms with van der Waals surface area (Å²) < 4.78 is 40.4. The quantitative estimate of drug-likeness (QED) is 0.426. The van der Waals surface area contributed by atoms with Crippen LogP contribution in [-0.4, -0.2) is 27.1 Å². The normalized spacial score (nSPS) is 11.5. The van der Waals surface area contributed by atoms with Crippen LogP contribution in [0.3, 0.4) is 0 Å². The Labute approximate surface area is 185 Å². The molecule has 6 nitrogen and oxygen atoms in total. The number of hydrazone groups is 1. The number of benzene rings is 3. The molecule has 3 aromatic rings. The second-order valence-electron chi connectivity index (χ2n) is 6.62. The number of amides is 1. The molecule has 0 radical (unpaired) electrons. The Bertz CT molecular complexity index is 1200. The number of nitrogens with one attached hydrogen (secondary N) is 1. The summed E-state index contributed by atoms with van der Waals surface area (Å²) in [4.78, 5) is 12.5. The van der Waals surface area contributed by atoms with Gasteiger partial charge in [0.15, 0.2) is 0 Å². The third-order valence-corrected chi connectivity index (χ3v) is 6.38. The summed E-state index contributed by atoms with van der Waals surface area (Å²) >= 11 is 6.22. The van der Waals surface area contributed by atoms with Crippen molar-refractivity contribution < 1.29 is 17.6 Å². The van der Waals surface area contributed by atoms with Crippen LogP contribution in [0.15, 0.2) is 82.8 Å². The number of hydrogen-bond donors (Lipinski definition) is 1. The lowest BCUT2D eigenvalue weighted by atomic mass is 10.2. The molecule has 3 aromatic carbocycles. The molecular weight excluding hydrogens is 441 g/mol. The molecule has 3 rings (SSSR count). The largest absolute Gasteiger partial charge is 0.271 e. The van der Waals surface area contributed by atoms with Gasteiger partial charge < -0.3 is 0 Å². The highest BCUT2D eigenvalue weighted by molar-refractivity contribution is 7.92. The Morgan fingerprint density at radius 3 is 2.35 bits per heavy atom. The van der Waals surface area contributed by atoms with Crippen molar-refractivity contribution in [3.63, 3.8) is 0 Å². The highest BCUT2D eigenvalue weighted by Gasteiger charge is 2.28. The fraction of sp³-hybridized carbons (Fsp3) is 0.0909. The maximum Gasteiger partial charge on any atom is 0.264 e. The van der Waals surface area contributed by atoms with Crippen molar-refractivity contribution in [3.05, 3.63) is 94.8 Å².